The van der Waals surface area contributed by atoms with E-state index in [1.807, 2.05) is 0 Å². The molecule has 0 unspecified atom stereocenters. The highest BCUT2D eigenvalue weighted by Gasteiger charge is 2.31. The summed E-state index contributed by atoms with van der Waals surface area (Å²) in [6, 6.07) is 2.68. The molecule has 1 N–H and O–H groups in total. The van der Waals surface area contributed by atoms with E-state index in [4.69, 9.17) is 34.8 Å². The minimum absolute atomic E-state index is 0.123. The normalized spacial score (nSPS) is 11.3. The van der Waals surface area contributed by atoms with E-state index in [-0.39, 0.29) is 21.9 Å². The molecule has 16 heavy (non-hydrogen) atoms. The molecular formula is C10H9Cl3O3. The zero-order valence-electron chi connectivity index (χ0n) is 8.55. The number of phenolic OH excluding ortho intramolecular Hbond substituents is 1. The van der Waals surface area contributed by atoms with Crippen molar-refractivity contribution in [3.63, 3.8) is 0 Å². The van der Waals surface area contributed by atoms with Crippen molar-refractivity contribution in [2.24, 2.45) is 0 Å². The summed E-state index contributed by atoms with van der Waals surface area (Å²) in [6.07, 6.45) is 0. The molecule has 3 nitrogen and oxygen atoms in total. The second-order valence-corrected chi connectivity index (χ2v) is 5.31. The molecule has 0 aromatic heterocycles. The summed E-state index contributed by atoms with van der Waals surface area (Å²) in [5.74, 6) is -1.03. The van der Waals surface area contributed by atoms with Gasteiger partial charge < -0.3 is 9.84 Å². The first kappa shape index (κ1) is 13.4. The van der Waals surface area contributed by atoms with E-state index in [0.717, 1.165) is 0 Å². The van der Waals surface area contributed by atoms with E-state index in [2.05, 4.69) is 4.74 Å². The molecule has 0 bridgehead atoms. The van der Waals surface area contributed by atoms with E-state index < -0.39 is 10.3 Å². The van der Waals surface area contributed by atoms with Crippen LogP contribution in [0.4, 0.5) is 0 Å². The van der Waals surface area contributed by atoms with Crippen molar-refractivity contribution in [2.75, 3.05) is 7.11 Å². The maximum Gasteiger partial charge on any atom is 0.342 e. The van der Waals surface area contributed by atoms with Crippen LogP contribution in [-0.2, 0) is 9.07 Å². The molecule has 0 saturated carbocycles. The number of benzene rings is 1. The summed E-state index contributed by atoms with van der Waals surface area (Å²) in [4.78, 5) is 11.5. The van der Waals surface area contributed by atoms with Crippen LogP contribution in [0.5, 0.6) is 5.75 Å². The second-order valence-electron chi connectivity index (χ2n) is 3.20. The van der Waals surface area contributed by atoms with Crippen molar-refractivity contribution in [3.8, 4) is 5.75 Å². The first-order chi connectivity index (χ1) is 7.29. The predicted octanol–water partition coefficient (Wildman–Crippen LogP) is 3.48. The van der Waals surface area contributed by atoms with Crippen molar-refractivity contribution >= 4 is 40.8 Å². The zero-order chi connectivity index (χ0) is 12.5. The zero-order valence-corrected chi connectivity index (χ0v) is 10.8. The van der Waals surface area contributed by atoms with Gasteiger partial charge in [-0.1, -0.05) is 34.8 Å². The summed E-state index contributed by atoms with van der Waals surface area (Å²) in [7, 11) is 1.19. The molecule has 0 spiro atoms. The standard InChI is InChI=1S/C10H9Cl3O3/c1-10(12,13)8-5(11)3-4-6(14)7(8)9(15)16-2/h3-4,14H,1-2H3. The lowest BCUT2D eigenvalue weighted by Gasteiger charge is -2.19. The Kier molecular flexibility index (Phi) is 3.94. The minimum Gasteiger partial charge on any atom is -0.507 e. The molecule has 1 aromatic rings. The number of halogens is 3. The molecule has 0 aliphatic rings. The molecule has 0 aliphatic heterocycles. The Morgan fingerprint density at radius 2 is 2.00 bits per heavy atom. The highest BCUT2D eigenvalue weighted by atomic mass is 35.5. The lowest BCUT2D eigenvalue weighted by Crippen LogP contribution is -2.14. The van der Waals surface area contributed by atoms with Gasteiger partial charge in [-0.3, -0.25) is 0 Å². The number of aromatic hydroxyl groups is 1. The fourth-order valence-electron chi connectivity index (χ4n) is 1.30. The van der Waals surface area contributed by atoms with Crippen molar-refractivity contribution in [3.05, 3.63) is 28.3 Å². The number of alkyl halides is 2. The van der Waals surface area contributed by atoms with Crippen LogP contribution in [0.25, 0.3) is 0 Å². The van der Waals surface area contributed by atoms with E-state index in [1.165, 1.54) is 26.2 Å². The van der Waals surface area contributed by atoms with Gasteiger partial charge in [0, 0.05) is 10.6 Å². The topological polar surface area (TPSA) is 46.5 Å². The molecule has 0 atom stereocenters. The SMILES string of the molecule is COC(=O)c1c(O)ccc(Cl)c1C(C)(Cl)Cl. The Morgan fingerprint density at radius 3 is 2.44 bits per heavy atom. The van der Waals surface area contributed by atoms with Crippen molar-refractivity contribution in [2.45, 2.75) is 11.3 Å². The number of rotatable bonds is 2. The van der Waals surface area contributed by atoms with Crippen LogP contribution in [0.15, 0.2) is 12.1 Å². The molecule has 1 aromatic carbocycles. The Morgan fingerprint density at radius 1 is 1.44 bits per heavy atom. The van der Waals surface area contributed by atoms with E-state index in [0.29, 0.717) is 0 Å². The first-order valence-electron chi connectivity index (χ1n) is 4.27. The van der Waals surface area contributed by atoms with Gasteiger partial charge in [0.1, 0.15) is 15.6 Å². The number of carbonyl (C=O) groups is 1. The largest absolute Gasteiger partial charge is 0.507 e. The fraction of sp³-hybridized carbons (Fsp3) is 0.300. The van der Waals surface area contributed by atoms with Crippen molar-refractivity contribution in [1.82, 2.24) is 0 Å². The molecule has 0 amide bonds. The molecule has 0 fully saturated rings. The van der Waals surface area contributed by atoms with Crippen LogP contribution < -0.4 is 0 Å². The summed E-state index contributed by atoms with van der Waals surface area (Å²) in [6.45, 7) is 1.45. The third kappa shape index (κ3) is 2.54. The molecule has 0 radical (unpaired) electrons. The monoisotopic (exact) mass is 282 g/mol. The Balaban J connectivity index is 3.56. The average Bonchev–Trinajstić information content (AvgIpc) is 2.18. The number of hydrogen-bond donors (Lipinski definition) is 1. The summed E-state index contributed by atoms with van der Waals surface area (Å²) >= 11 is 17.7. The molecule has 0 saturated heterocycles. The van der Waals surface area contributed by atoms with E-state index in [9.17, 15) is 9.90 Å². The maximum absolute atomic E-state index is 11.5. The number of ether oxygens (including phenoxy) is 1. The minimum atomic E-state index is -1.40. The summed E-state index contributed by atoms with van der Waals surface area (Å²) in [5, 5.41) is 9.79. The number of esters is 1. The van der Waals surface area contributed by atoms with Gasteiger partial charge in [-0.2, -0.15) is 0 Å². The highest BCUT2D eigenvalue weighted by Crippen LogP contribution is 2.42. The van der Waals surface area contributed by atoms with Gasteiger partial charge in [-0.25, -0.2) is 4.79 Å². The maximum atomic E-state index is 11.5. The van der Waals surface area contributed by atoms with E-state index in [1.54, 1.807) is 0 Å². The van der Waals surface area contributed by atoms with Gasteiger partial charge in [-0.05, 0) is 19.1 Å². The van der Waals surface area contributed by atoms with Gasteiger partial charge in [0.25, 0.3) is 0 Å². The molecule has 88 valence electrons. The van der Waals surface area contributed by atoms with Crippen LogP contribution >= 0.6 is 34.8 Å². The predicted molar refractivity (Wildman–Crippen MR) is 63.5 cm³/mol. The molecule has 1 rings (SSSR count). The number of hydrogen-bond acceptors (Lipinski definition) is 3. The third-order valence-corrected chi connectivity index (χ3v) is 2.65. The Labute approximate surface area is 108 Å². The lowest BCUT2D eigenvalue weighted by molar-refractivity contribution is 0.0596. The number of phenols is 1. The summed E-state index contributed by atoms with van der Waals surface area (Å²) < 4.78 is 3.13. The quantitative estimate of drug-likeness (QED) is 0.667. The van der Waals surface area contributed by atoms with Gasteiger partial charge >= 0.3 is 5.97 Å². The van der Waals surface area contributed by atoms with Crippen molar-refractivity contribution < 1.29 is 14.6 Å². The van der Waals surface area contributed by atoms with E-state index >= 15 is 0 Å². The first-order valence-corrected chi connectivity index (χ1v) is 5.40. The number of methoxy groups -OCH3 is 1. The number of carbonyl (C=O) groups excluding carboxylic acids is 1. The molecule has 0 heterocycles. The van der Waals surface area contributed by atoms with Crippen molar-refractivity contribution in [1.29, 1.82) is 0 Å². The van der Waals surface area contributed by atoms with Crippen LogP contribution in [0.1, 0.15) is 22.8 Å². The van der Waals surface area contributed by atoms with Gasteiger partial charge in [0.15, 0.2) is 0 Å². The molecule has 0 aliphatic carbocycles. The Hall–Kier alpha value is -0.640. The van der Waals surface area contributed by atoms with Crippen LogP contribution in [-0.4, -0.2) is 18.2 Å². The average molecular weight is 284 g/mol. The fourth-order valence-corrected chi connectivity index (χ4v) is 2.14. The summed E-state index contributed by atoms with van der Waals surface area (Å²) in [5.41, 5.74) is 0.00634. The lowest BCUT2D eigenvalue weighted by atomic mass is 10.0. The van der Waals surface area contributed by atoms with Crippen LogP contribution in [0, 0.1) is 0 Å². The second kappa shape index (κ2) is 4.70. The van der Waals surface area contributed by atoms with Crippen LogP contribution in [0.2, 0.25) is 5.02 Å². The van der Waals surface area contributed by atoms with Gasteiger partial charge in [0.2, 0.25) is 0 Å². The highest BCUT2D eigenvalue weighted by molar-refractivity contribution is 6.49. The van der Waals surface area contributed by atoms with Gasteiger partial charge in [-0.15, -0.1) is 0 Å². The van der Waals surface area contributed by atoms with Gasteiger partial charge in [0.05, 0.1) is 7.11 Å². The third-order valence-electron chi connectivity index (χ3n) is 1.96. The Bertz CT molecular complexity index is 424. The smallest absolute Gasteiger partial charge is 0.342 e. The molecular weight excluding hydrogens is 274 g/mol. The molecule has 6 heteroatoms. The van der Waals surface area contributed by atoms with Crippen LogP contribution in [0.3, 0.4) is 0 Å².